The van der Waals surface area contributed by atoms with Gasteiger partial charge in [-0.05, 0) is 49.9 Å². The smallest absolute Gasteiger partial charge is 0.119 e. The van der Waals surface area contributed by atoms with Crippen LogP contribution in [0, 0.1) is 6.92 Å². The summed E-state index contributed by atoms with van der Waals surface area (Å²) in [5.41, 5.74) is 5.74. The van der Waals surface area contributed by atoms with Gasteiger partial charge in [-0.2, -0.15) is 0 Å². The van der Waals surface area contributed by atoms with E-state index in [-0.39, 0.29) is 0 Å². The van der Waals surface area contributed by atoms with E-state index < -0.39 is 0 Å². The van der Waals surface area contributed by atoms with Gasteiger partial charge in [0.15, 0.2) is 0 Å². The van der Waals surface area contributed by atoms with Gasteiger partial charge in [-0.3, -0.25) is 9.67 Å². The van der Waals surface area contributed by atoms with Gasteiger partial charge in [0.05, 0.1) is 11.9 Å². The summed E-state index contributed by atoms with van der Waals surface area (Å²) in [6, 6.07) is 20.9. The Labute approximate surface area is 177 Å². The predicted octanol–water partition coefficient (Wildman–Crippen LogP) is 5.25. The summed E-state index contributed by atoms with van der Waals surface area (Å²) < 4.78 is 7.80. The molecule has 0 amide bonds. The average Bonchev–Trinajstić information content (AvgIpc) is 3.31. The van der Waals surface area contributed by atoms with Gasteiger partial charge in [0, 0.05) is 30.1 Å². The van der Waals surface area contributed by atoms with Gasteiger partial charge in [-0.1, -0.05) is 53.2 Å². The maximum Gasteiger partial charge on any atom is 0.119 e. The quantitative estimate of drug-likeness (QED) is 0.361. The maximum absolute atomic E-state index is 5.92. The van der Waals surface area contributed by atoms with Crippen LogP contribution in [-0.2, 0) is 19.6 Å². The number of aryl methyl sites for hydroxylation is 3. The highest BCUT2D eigenvalue weighted by Gasteiger charge is 2.02. The van der Waals surface area contributed by atoms with Crippen molar-refractivity contribution in [3.63, 3.8) is 0 Å². The molecule has 2 aromatic heterocycles. The van der Waals surface area contributed by atoms with Gasteiger partial charge >= 0.3 is 0 Å². The Hall–Kier alpha value is -3.47. The summed E-state index contributed by atoms with van der Waals surface area (Å²) in [6.45, 7) is 3.52. The minimum absolute atomic E-state index is 0.512. The molecule has 2 aromatic carbocycles. The fraction of sp³-hybridized carbons (Fsp3) is 0.240. The van der Waals surface area contributed by atoms with Crippen molar-refractivity contribution in [2.24, 2.45) is 0 Å². The number of rotatable bonds is 9. The Morgan fingerprint density at radius 1 is 0.867 bits per heavy atom. The first kappa shape index (κ1) is 19.8. The summed E-state index contributed by atoms with van der Waals surface area (Å²) in [6.07, 6.45) is 8.77. The van der Waals surface area contributed by atoms with Crippen LogP contribution in [0.15, 0.2) is 79.3 Å². The molecule has 0 aliphatic rings. The van der Waals surface area contributed by atoms with Gasteiger partial charge in [-0.15, -0.1) is 5.10 Å². The average molecular weight is 399 g/mol. The van der Waals surface area contributed by atoms with E-state index in [1.807, 2.05) is 35.3 Å². The van der Waals surface area contributed by atoms with Crippen LogP contribution in [0.3, 0.4) is 0 Å². The van der Waals surface area contributed by atoms with E-state index in [1.165, 1.54) is 11.1 Å². The van der Waals surface area contributed by atoms with E-state index in [0.717, 1.165) is 48.4 Å². The number of unbranched alkanes of at least 4 members (excludes halogenated alkanes) is 1. The van der Waals surface area contributed by atoms with Gasteiger partial charge < -0.3 is 4.74 Å². The normalized spacial score (nSPS) is 10.8. The Morgan fingerprint density at radius 3 is 2.37 bits per heavy atom. The molecule has 0 radical (unpaired) electrons. The van der Waals surface area contributed by atoms with Crippen molar-refractivity contribution in [1.29, 1.82) is 0 Å². The molecule has 5 heteroatoms. The van der Waals surface area contributed by atoms with Crippen LogP contribution in [0.2, 0.25) is 0 Å². The summed E-state index contributed by atoms with van der Waals surface area (Å²) in [4.78, 5) is 4.58. The third-order valence-corrected chi connectivity index (χ3v) is 5.08. The van der Waals surface area contributed by atoms with Crippen molar-refractivity contribution in [1.82, 2.24) is 20.0 Å². The van der Waals surface area contributed by atoms with Crippen molar-refractivity contribution in [2.75, 3.05) is 0 Å². The fourth-order valence-electron chi connectivity index (χ4n) is 3.28. The highest BCUT2D eigenvalue weighted by Crippen LogP contribution is 2.19. The first-order valence-corrected chi connectivity index (χ1v) is 10.3. The molecule has 0 aliphatic carbocycles. The molecule has 0 spiro atoms. The zero-order valence-corrected chi connectivity index (χ0v) is 17.2. The SMILES string of the molecule is Cc1ccc(-c2ccc(COc3ccc(CCCCn4ccnn4)cc3)cn2)cc1. The van der Waals surface area contributed by atoms with Crippen LogP contribution < -0.4 is 4.74 Å². The van der Waals surface area contributed by atoms with E-state index in [9.17, 15) is 0 Å². The number of pyridine rings is 1. The van der Waals surface area contributed by atoms with Gasteiger partial charge in [-0.25, -0.2) is 0 Å². The number of aromatic nitrogens is 4. The van der Waals surface area contributed by atoms with Crippen molar-refractivity contribution >= 4 is 0 Å². The second-order valence-electron chi connectivity index (χ2n) is 7.47. The van der Waals surface area contributed by atoms with Gasteiger partial charge in [0.25, 0.3) is 0 Å². The first-order chi connectivity index (χ1) is 14.8. The molecule has 0 fully saturated rings. The molecule has 0 unspecified atom stereocenters. The molecule has 0 saturated carbocycles. The topological polar surface area (TPSA) is 52.8 Å². The molecule has 4 aromatic rings. The van der Waals surface area contributed by atoms with E-state index in [0.29, 0.717) is 6.61 Å². The van der Waals surface area contributed by atoms with Crippen LogP contribution in [0.5, 0.6) is 5.75 Å². The molecule has 0 bridgehead atoms. The lowest BCUT2D eigenvalue weighted by atomic mass is 10.1. The lowest BCUT2D eigenvalue weighted by Crippen LogP contribution is -1.99. The Kier molecular flexibility index (Phi) is 6.50. The monoisotopic (exact) mass is 398 g/mol. The largest absolute Gasteiger partial charge is 0.489 e. The summed E-state index contributed by atoms with van der Waals surface area (Å²) >= 11 is 0. The third-order valence-electron chi connectivity index (χ3n) is 5.08. The summed E-state index contributed by atoms with van der Waals surface area (Å²) in [5, 5.41) is 7.81. The van der Waals surface area contributed by atoms with Gasteiger partial charge in [0.1, 0.15) is 12.4 Å². The lowest BCUT2D eigenvalue weighted by Gasteiger charge is -2.08. The zero-order chi connectivity index (χ0) is 20.6. The Bertz CT molecular complexity index is 1020. The van der Waals surface area contributed by atoms with Crippen LogP contribution in [-0.4, -0.2) is 20.0 Å². The second kappa shape index (κ2) is 9.83. The molecule has 2 heterocycles. The molecular weight excluding hydrogens is 372 g/mol. The minimum Gasteiger partial charge on any atom is -0.489 e. The molecule has 0 N–H and O–H groups in total. The molecule has 5 nitrogen and oxygen atoms in total. The summed E-state index contributed by atoms with van der Waals surface area (Å²) in [7, 11) is 0. The number of nitrogens with zero attached hydrogens (tertiary/aromatic N) is 4. The molecule has 152 valence electrons. The standard InChI is InChI=1S/C25H26N4O/c1-20-5-10-23(11-6-20)25-14-9-22(18-26-25)19-30-24-12-7-21(8-13-24)4-2-3-16-29-17-15-27-28-29/h5-15,17-18H,2-4,16,19H2,1H3. The third kappa shape index (κ3) is 5.54. The van der Waals surface area contributed by atoms with E-state index >= 15 is 0 Å². The van der Waals surface area contributed by atoms with E-state index in [4.69, 9.17) is 4.74 Å². The lowest BCUT2D eigenvalue weighted by molar-refractivity contribution is 0.305. The second-order valence-corrected chi connectivity index (χ2v) is 7.47. The number of hydrogen-bond acceptors (Lipinski definition) is 4. The van der Waals surface area contributed by atoms with Crippen LogP contribution in [0.4, 0.5) is 0 Å². The first-order valence-electron chi connectivity index (χ1n) is 10.3. The highest BCUT2D eigenvalue weighted by molar-refractivity contribution is 5.59. The van der Waals surface area contributed by atoms with Crippen molar-refractivity contribution < 1.29 is 4.74 Å². The molecule has 0 aliphatic heterocycles. The predicted molar refractivity (Wildman–Crippen MR) is 118 cm³/mol. The molecule has 0 atom stereocenters. The highest BCUT2D eigenvalue weighted by atomic mass is 16.5. The van der Waals surface area contributed by atoms with E-state index in [1.54, 1.807) is 6.20 Å². The van der Waals surface area contributed by atoms with Crippen LogP contribution in [0.25, 0.3) is 11.3 Å². The maximum atomic E-state index is 5.92. The number of ether oxygens (including phenoxy) is 1. The van der Waals surface area contributed by atoms with Crippen molar-refractivity contribution in [3.05, 3.63) is 95.9 Å². The van der Waals surface area contributed by atoms with Crippen LogP contribution >= 0.6 is 0 Å². The molecule has 30 heavy (non-hydrogen) atoms. The number of hydrogen-bond donors (Lipinski definition) is 0. The van der Waals surface area contributed by atoms with Crippen LogP contribution in [0.1, 0.15) is 29.5 Å². The van der Waals surface area contributed by atoms with Crippen molar-refractivity contribution in [3.8, 4) is 17.0 Å². The number of benzene rings is 2. The Balaban J connectivity index is 1.23. The Morgan fingerprint density at radius 2 is 1.67 bits per heavy atom. The van der Waals surface area contributed by atoms with E-state index in [2.05, 4.69) is 64.7 Å². The molecule has 4 rings (SSSR count). The minimum atomic E-state index is 0.512. The summed E-state index contributed by atoms with van der Waals surface area (Å²) in [5.74, 6) is 0.879. The molecule has 0 saturated heterocycles. The molecular formula is C25H26N4O. The van der Waals surface area contributed by atoms with Gasteiger partial charge in [0.2, 0.25) is 0 Å². The van der Waals surface area contributed by atoms with Crippen molar-refractivity contribution in [2.45, 2.75) is 39.3 Å². The zero-order valence-electron chi connectivity index (χ0n) is 17.2. The fourth-order valence-corrected chi connectivity index (χ4v) is 3.28.